The standard InChI is InChI=1S/C12H12F3N5O/c1-8-6-16-4-2-9(8)17-11(21)18-10-3-5-20(19-10)7-12(13,14)15/h2-6H,7H2,1H3,(H2,16,17,18,19,21). The minimum absolute atomic E-state index is 0.0310. The Bertz CT molecular complexity index is 638. The number of anilines is 2. The van der Waals surface area contributed by atoms with Crippen molar-refractivity contribution in [2.24, 2.45) is 0 Å². The molecular formula is C12H12F3N5O. The van der Waals surface area contributed by atoms with Crippen LogP contribution >= 0.6 is 0 Å². The third-order valence-corrected chi connectivity index (χ3v) is 2.49. The molecule has 112 valence electrons. The number of carbonyl (C=O) groups is 1. The number of aryl methyl sites for hydroxylation is 1. The second kappa shape index (κ2) is 5.81. The van der Waals surface area contributed by atoms with Crippen LogP contribution in [0.3, 0.4) is 0 Å². The zero-order valence-corrected chi connectivity index (χ0v) is 11.0. The molecule has 0 fully saturated rings. The van der Waals surface area contributed by atoms with Crippen LogP contribution in [0.15, 0.2) is 30.7 Å². The van der Waals surface area contributed by atoms with Crippen LogP contribution in [0.1, 0.15) is 5.56 Å². The molecule has 0 radical (unpaired) electrons. The Morgan fingerprint density at radius 1 is 1.33 bits per heavy atom. The summed E-state index contributed by atoms with van der Waals surface area (Å²) in [5.74, 6) is 0.0310. The summed E-state index contributed by atoms with van der Waals surface area (Å²) in [6, 6.07) is 2.29. The van der Waals surface area contributed by atoms with Crippen molar-refractivity contribution >= 4 is 17.5 Å². The van der Waals surface area contributed by atoms with Gasteiger partial charge in [0.25, 0.3) is 0 Å². The lowest BCUT2D eigenvalue weighted by Crippen LogP contribution is -2.21. The Balaban J connectivity index is 1.96. The van der Waals surface area contributed by atoms with Gasteiger partial charge in [-0.15, -0.1) is 0 Å². The van der Waals surface area contributed by atoms with Crippen molar-refractivity contribution in [2.75, 3.05) is 10.6 Å². The number of amides is 2. The fraction of sp³-hybridized carbons (Fsp3) is 0.250. The van der Waals surface area contributed by atoms with E-state index in [1.54, 1.807) is 19.2 Å². The minimum atomic E-state index is -4.36. The predicted molar refractivity (Wildman–Crippen MR) is 69.9 cm³/mol. The van der Waals surface area contributed by atoms with Gasteiger partial charge < -0.3 is 5.32 Å². The largest absolute Gasteiger partial charge is 0.408 e. The molecule has 0 bridgehead atoms. The molecule has 0 aliphatic carbocycles. The van der Waals surface area contributed by atoms with E-state index in [2.05, 4.69) is 20.7 Å². The number of hydrogen-bond donors (Lipinski definition) is 2. The highest BCUT2D eigenvalue weighted by Gasteiger charge is 2.28. The van der Waals surface area contributed by atoms with Crippen molar-refractivity contribution < 1.29 is 18.0 Å². The molecule has 2 rings (SSSR count). The summed E-state index contributed by atoms with van der Waals surface area (Å²) in [6.07, 6.45) is -0.130. The number of rotatable bonds is 3. The van der Waals surface area contributed by atoms with Crippen molar-refractivity contribution in [1.29, 1.82) is 0 Å². The van der Waals surface area contributed by atoms with Crippen LogP contribution in [0, 0.1) is 6.92 Å². The molecule has 21 heavy (non-hydrogen) atoms. The first kappa shape index (κ1) is 14.8. The molecule has 2 N–H and O–H groups in total. The van der Waals surface area contributed by atoms with E-state index in [1.807, 2.05) is 0 Å². The molecule has 0 aliphatic rings. The van der Waals surface area contributed by atoms with Gasteiger partial charge in [-0.2, -0.15) is 18.3 Å². The van der Waals surface area contributed by atoms with Gasteiger partial charge in [-0.05, 0) is 18.6 Å². The smallest absolute Gasteiger partial charge is 0.307 e. The number of hydrogen-bond acceptors (Lipinski definition) is 3. The minimum Gasteiger partial charge on any atom is -0.307 e. The van der Waals surface area contributed by atoms with E-state index < -0.39 is 18.8 Å². The van der Waals surface area contributed by atoms with Crippen LogP contribution < -0.4 is 10.6 Å². The van der Waals surface area contributed by atoms with Crippen molar-refractivity contribution in [3.8, 4) is 0 Å². The van der Waals surface area contributed by atoms with Gasteiger partial charge in [-0.25, -0.2) is 4.79 Å². The van der Waals surface area contributed by atoms with Gasteiger partial charge in [0.1, 0.15) is 6.54 Å². The van der Waals surface area contributed by atoms with Crippen LogP contribution in [0.2, 0.25) is 0 Å². The maximum absolute atomic E-state index is 12.2. The summed E-state index contributed by atoms with van der Waals surface area (Å²) in [7, 11) is 0. The van der Waals surface area contributed by atoms with Crippen LogP contribution in [0.4, 0.5) is 29.5 Å². The molecule has 0 saturated heterocycles. The van der Waals surface area contributed by atoms with Crippen LogP contribution in [0.5, 0.6) is 0 Å². The van der Waals surface area contributed by atoms with E-state index in [4.69, 9.17) is 0 Å². The zero-order chi connectivity index (χ0) is 15.5. The highest BCUT2D eigenvalue weighted by atomic mass is 19.4. The maximum atomic E-state index is 12.2. The second-order valence-electron chi connectivity index (χ2n) is 4.28. The van der Waals surface area contributed by atoms with Gasteiger partial charge in [0, 0.05) is 30.3 Å². The number of halogens is 3. The normalized spacial score (nSPS) is 11.2. The molecule has 6 nitrogen and oxygen atoms in total. The summed E-state index contributed by atoms with van der Waals surface area (Å²) in [5, 5.41) is 8.52. The molecule has 2 heterocycles. The van der Waals surface area contributed by atoms with Gasteiger partial charge in [0.05, 0.1) is 0 Å². The van der Waals surface area contributed by atoms with Crippen molar-refractivity contribution in [3.05, 3.63) is 36.3 Å². The highest BCUT2D eigenvalue weighted by Crippen LogP contribution is 2.18. The van der Waals surface area contributed by atoms with E-state index in [-0.39, 0.29) is 5.82 Å². The number of nitrogens with one attached hydrogen (secondary N) is 2. The van der Waals surface area contributed by atoms with E-state index in [0.717, 1.165) is 11.8 Å². The lowest BCUT2D eigenvalue weighted by molar-refractivity contribution is -0.142. The highest BCUT2D eigenvalue weighted by molar-refractivity contribution is 5.99. The van der Waals surface area contributed by atoms with E-state index in [9.17, 15) is 18.0 Å². The fourth-order valence-corrected chi connectivity index (χ4v) is 1.58. The van der Waals surface area contributed by atoms with Gasteiger partial charge in [-0.1, -0.05) is 0 Å². The number of urea groups is 1. The van der Waals surface area contributed by atoms with Crippen LogP contribution in [-0.2, 0) is 6.54 Å². The molecule has 9 heteroatoms. The summed E-state index contributed by atoms with van der Waals surface area (Å²) >= 11 is 0. The number of aromatic nitrogens is 3. The summed E-state index contributed by atoms with van der Waals surface area (Å²) in [6.45, 7) is 0.556. The molecule has 2 aromatic heterocycles. The zero-order valence-electron chi connectivity index (χ0n) is 11.0. The average molecular weight is 299 g/mol. The Labute approximate surface area is 118 Å². The fourth-order valence-electron chi connectivity index (χ4n) is 1.58. The number of carbonyl (C=O) groups excluding carboxylic acids is 1. The summed E-state index contributed by atoms with van der Waals surface area (Å²) in [4.78, 5) is 15.6. The Hall–Kier alpha value is -2.58. The monoisotopic (exact) mass is 299 g/mol. The molecule has 2 amide bonds. The van der Waals surface area contributed by atoms with Gasteiger partial charge >= 0.3 is 12.2 Å². The molecule has 0 aliphatic heterocycles. The molecule has 2 aromatic rings. The third kappa shape index (κ3) is 4.48. The molecule has 0 atom stereocenters. The summed E-state index contributed by atoms with van der Waals surface area (Å²) in [5.41, 5.74) is 1.31. The molecular weight excluding hydrogens is 287 g/mol. The Morgan fingerprint density at radius 3 is 2.76 bits per heavy atom. The average Bonchev–Trinajstić information content (AvgIpc) is 2.77. The van der Waals surface area contributed by atoms with Gasteiger partial charge in [0.2, 0.25) is 0 Å². The number of alkyl halides is 3. The first-order chi connectivity index (χ1) is 9.83. The van der Waals surface area contributed by atoms with Crippen molar-refractivity contribution in [2.45, 2.75) is 19.6 Å². The number of pyridine rings is 1. The Morgan fingerprint density at radius 2 is 2.10 bits per heavy atom. The summed E-state index contributed by atoms with van der Waals surface area (Å²) < 4.78 is 37.2. The van der Waals surface area contributed by atoms with Gasteiger partial charge in [0.15, 0.2) is 5.82 Å². The second-order valence-corrected chi connectivity index (χ2v) is 4.28. The van der Waals surface area contributed by atoms with Crippen LogP contribution in [0.25, 0.3) is 0 Å². The first-order valence-electron chi connectivity index (χ1n) is 5.92. The van der Waals surface area contributed by atoms with Crippen molar-refractivity contribution in [1.82, 2.24) is 14.8 Å². The Kier molecular flexibility index (Phi) is 4.10. The van der Waals surface area contributed by atoms with E-state index in [1.165, 1.54) is 12.3 Å². The molecule has 0 saturated carbocycles. The molecule has 0 spiro atoms. The predicted octanol–water partition coefficient (Wildman–Crippen LogP) is 2.79. The van der Waals surface area contributed by atoms with Gasteiger partial charge in [-0.3, -0.25) is 15.0 Å². The first-order valence-corrected chi connectivity index (χ1v) is 5.92. The quantitative estimate of drug-likeness (QED) is 0.915. The van der Waals surface area contributed by atoms with E-state index >= 15 is 0 Å². The lowest BCUT2D eigenvalue weighted by Gasteiger charge is -2.08. The topological polar surface area (TPSA) is 71.8 Å². The molecule has 0 aromatic carbocycles. The lowest BCUT2D eigenvalue weighted by atomic mass is 10.2. The third-order valence-electron chi connectivity index (χ3n) is 2.49. The van der Waals surface area contributed by atoms with E-state index in [0.29, 0.717) is 10.4 Å². The SMILES string of the molecule is Cc1cnccc1NC(=O)Nc1ccn(CC(F)(F)F)n1. The molecule has 0 unspecified atom stereocenters. The number of nitrogens with zero attached hydrogens (tertiary/aromatic N) is 3. The van der Waals surface area contributed by atoms with Crippen molar-refractivity contribution in [3.63, 3.8) is 0 Å². The van der Waals surface area contributed by atoms with Crippen LogP contribution in [-0.4, -0.2) is 27.0 Å². The maximum Gasteiger partial charge on any atom is 0.408 e.